The number of aryl methyl sites for hydroxylation is 1. The lowest BCUT2D eigenvalue weighted by atomic mass is 10.1. The van der Waals surface area contributed by atoms with Crippen LogP contribution < -0.4 is 4.74 Å². The van der Waals surface area contributed by atoms with Crippen molar-refractivity contribution in [1.82, 2.24) is 0 Å². The molecule has 0 saturated carbocycles. The third kappa shape index (κ3) is 2.03. The molecule has 0 spiro atoms. The van der Waals surface area contributed by atoms with Gasteiger partial charge in [0.15, 0.2) is 11.5 Å². The van der Waals surface area contributed by atoms with Gasteiger partial charge in [0, 0.05) is 0 Å². The van der Waals surface area contributed by atoms with Crippen molar-refractivity contribution >= 4 is 0 Å². The summed E-state index contributed by atoms with van der Waals surface area (Å²) in [7, 11) is 0. The van der Waals surface area contributed by atoms with E-state index in [-0.39, 0.29) is 0 Å². The van der Waals surface area contributed by atoms with Gasteiger partial charge in [-0.05, 0) is 24.5 Å². The van der Waals surface area contributed by atoms with Crippen molar-refractivity contribution in [2.24, 2.45) is 0 Å². The topological polar surface area (TPSA) is 12.5 Å². The van der Waals surface area contributed by atoms with Crippen LogP contribution in [-0.2, 0) is 6.42 Å². The van der Waals surface area contributed by atoms with Gasteiger partial charge in [-0.2, -0.15) is 0 Å². The van der Waals surface area contributed by atoms with Gasteiger partial charge in [-0.25, -0.2) is 0 Å². The second-order valence-electron chi connectivity index (χ2n) is 3.66. The molecule has 1 aromatic rings. The summed E-state index contributed by atoms with van der Waals surface area (Å²) in [6.07, 6.45) is 6.50. The summed E-state index contributed by atoms with van der Waals surface area (Å²) < 4.78 is 5.33. The number of para-hydroxylation sites is 1. The van der Waals surface area contributed by atoms with Crippen LogP contribution in [0.4, 0.5) is 0 Å². The fourth-order valence-corrected chi connectivity index (χ4v) is 1.68. The molecule has 0 aromatic heterocycles. The van der Waals surface area contributed by atoms with Gasteiger partial charge in [-0.3, -0.25) is 0 Å². The average Bonchev–Trinajstić information content (AvgIpc) is 2.91. The van der Waals surface area contributed by atoms with Gasteiger partial charge in [0.1, 0.15) is 0 Å². The number of ether oxygens (including phenoxy) is 1. The summed E-state index contributed by atoms with van der Waals surface area (Å²) >= 11 is 0. The molecule has 1 aliphatic heterocycles. The zero-order chi connectivity index (χ0) is 9.10. The van der Waals surface area contributed by atoms with Crippen LogP contribution in [0.1, 0.15) is 38.2 Å². The number of rotatable bonds is 5. The number of unbranched alkanes of at least 4 members (excludes halogenated alkanes) is 3. The fourth-order valence-electron chi connectivity index (χ4n) is 1.68. The number of hydrogen-bond donors (Lipinski definition) is 0. The molecule has 0 saturated heterocycles. The molecule has 1 aliphatic rings. The minimum absolute atomic E-state index is 1.09. The first-order chi connectivity index (χ1) is 6.42. The molecular weight excluding hydrogens is 160 g/mol. The van der Waals surface area contributed by atoms with Crippen LogP contribution >= 0.6 is 0 Å². The molecule has 0 aliphatic carbocycles. The molecule has 0 radical (unpaired) electrons. The normalized spacial score (nSPS) is 12.1. The highest BCUT2D eigenvalue weighted by Crippen LogP contribution is 2.48. The Balaban J connectivity index is 1.80. The first kappa shape index (κ1) is 8.61. The van der Waals surface area contributed by atoms with Crippen LogP contribution in [0.25, 0.3) is 0 Å². The predicted molar refractivity (Wildman–Crippen MR) is 54.4 cm³/mol. The Kier molecular flexibility index (Phi) is 2.53. The Morgan fingerprint density at radius 2 is 2.08 bits per heavy atom. The van der Waals surface area contributed by atoms with E-state index in [1.807, 2.05) is 6.07 Å². The van der Waals surface area contributed by atoms with E-state index in [4.69, 9.17) is 4.74 Å². The van der Waals surface area contributed by atoms with Crippen LogP contribution in [0.15, 0.2) is 18.2 Å². The highest BCUT2D eigenvalue weighted by atomic mass is 16.6. The second kappa shape index (κ2) is 3.82. The maximum Gasteiger partial charge on any atom is 0.173 e. The van der Waals surface area contributed by atoms with Gasteiger partial charge in [0.25, 0.3) is 0 Å². The van der Waals surface area contributed by atoms with Gasteiger partial charge < -0.3 is 4.74 Å². The van der Waals surface area contributed by atoms with Crippen LogP contribution in [0.2, 0.25) is 0 Å². The van der Waals surface area contributed by atoms with E-state index in [9.17, 15) is 0 Å². The summed E-state index contributed by atoms with van der Waals surface area (Å²) in [4.78, 5) is 0. The van der Waals surface area contributed by atoms with Crippen LogP contribution in [0.5, 0.6) is 11.5 Å². The van der Waals surface area contributed by atoms with Crippen LogP contribution in [0, 0.1) is 0 Å². The zero-order valence-electron chi connectivity index (χ0n) is 8.18. The summed E-state index contributed by atoms with van der Waals surface area (Å²) in [6.45, 7) is 2.24. The van der Waals surface area contributed by atoms with Crippen molar-refractivity contribution in [3.05, 3.63) is 23.8 Å². The lowest BCUT2D eigenvalue weighted by Gasteiger charge is -1.97. The number of hydrogen-bond acceptors (Lipinski definition) is 1. The van der Waals surface area contributed by atoms with Crippen LogP contribution in [0.3, 0.4) is 0 Å². The zero-order valence-corrected chi connectivity index (χ0v) is 8.18. The van der Waals surface area contributed by atoms with Crippen molar-refractivity contribution in [3.63, 3.8) is 0 Å². The minimum Gasteiger partial charge on any atom is -0.449 e. The van der Waals surface area contributed by atoms with Crippen molar-refractivity contribution < 1.29 is 4.74 Å². The molecule has 0 amide bonds. The molecule has 0 unspecified atom stereocenters. The molecule has 0 fully saturated rings. The first-order valence-electron chi connectivity index (χ1n) is 5.21. The summed E-state index contributed by atoms with van der Waals surface area (Å²) in [5, 5.41) is 0. The van der Waals surface area contributed by atoms with Crippen molar-refractivity contribution in [1.29, 1.82) is 0 Å². The Morgan fingerprint density at radius 1 is 1.15 bits per heavy atom. The summed E-state index contributed by atoms with van der Waals surface area (Å²) in [6, 6.07) is 6.30. The lowest BCUT2D eigenvalue weighted by molar-refractivity contribution is 0.630. The SMILES string of the molecule is CCCCCCc1cccc2c1O2. The first-order valence-corrected chi connectivity index (χ1v) is 5.21. The molecule has 0 N–H and O–H groups in total. The largest absolute Gasteiger partial charge is 0.449 e. The molecule has 70 valence electrons. The maximum absolute atomic E-state index is 5.33. The monoisotopic (exact) mass is 176 g/mol. The Bertz CT molecular complexity index is 291. The third-order valence-corrected chi connectivity index (χ3v) is 2.53. The van der Waals surface area contributed by atoms with Gasteiger partial charge >= 0.3 is 0 Å². The molecule has 1 nitrogen and oxygen atoms in total. The molecule has 0 bridgehead atoms. The van der Waals surface area contributed by atoms with Gasteiger partial charge in [-0.1, -0.05) is 38.3 Å². The molecule has 0 atom stereocenters. The second-order valence-corrected chi connectivity index (χ2v) is 3.66. The smallest absolute Gasteiger partial charge is 0.173 e. The van der Waals surface area contributed by atoms with Gasteiger partial charge in [-0.15, -0.1) is 0 Å². The third-order valence-electron chi connectivity index (χ3n) is 2.53. The van der Waals surface area contributed by atoms with Gasteiger partial charge in [0.2, 0.25) is 0 Å². The lowest BCUT2D eigenvalue weighted by Crippen LogP contribution is -1.82. The van der Waals surface area contributed by atoms with E-state index in [0.717, 1.165) is 11.5 Å². The highest BCUT2D eigenvalue weighted by Gasteiger charge is 2.22. The Morgan fingerprint density at radius 3 is 2.92 bits per heavy atom. The van der Waals surface area contributed by atoms with Gasteiger partial charge in [0.05, 0.1) is 0 Å². The molecule has 1 heteroatoms. The molecule has 1 heterocycles. The molecule has 1 aromatic carbocycles. The van der Waals surface area contributed by atoms with Crippen LogP contribution in [-0.4, -0.2) is 0 Å². The van der Waals surface area contributed by atoms with E-state index >= 15 is 0 Å². The van der Waals surface area contributed by atoms with Crippen molar-refractivity contribution in [2.75, 3.05) is 0 Å². The highest BCUT2D eigenvalue weighted by molar-refractivity contribution is 5.59. The summed E-state index contributed by atoms with van der Waals surface area (Å²) in [5.74, 6) is 2.24. The minimum atomic E-state index is 1.09. The van der Waals surface area contributed by atoms with E-state index in [1.165, 1.54) is 37.7 Å². The van der Waals surface area contributed by atoms with E-state index in [2.05, 4.69) is 19.1 Å². The molecule has 2 rings (SSSR count). The maximum atomic E-state index is 5.33. The standard InChI is InChI=1S/C12H16O/c1-2-3-4-5-7-10-8-6-9-11-12(10)13-11/h6,8-9H,2-5,7H2,1H3. The number of fused-ring (bicyclic) bond motifs is 1. The van der Waals surface area contributed by atoms with E-state index in [1.54, 1.807) is 0 Å². The molecule has 13 heavy (non-hydrogen) atoms. The predicted octanol–water partition coefficient (Wildman–Crippen LogP) is 3.92. The fraction of sp³-hybridized carbons (Fsp3) is 0.500. The average molecular weight is 176 g/mol. The van der Waals surface area contributed by atoms with E-state index < -0.39 is 0 Å². The Hall–Kier alpha value is -0.980. The van der Waals surface area contributed by atoms with E-state index in [0.29, 0.717) is 0 Å². The Labute approximate surface area is 79.7 Å². The van der Waals surface area contributed by atoms with Crippen molar-refractivity contribution in [3.8, 4) is 11.5 Å². The quantitative estimate of drug-likeness (QED) is 0.497. The summed E-state index contributed by atoms with van der Waals surface area (Å²) in [5.41, 5.74) is 1.40. The van der Waals surface area contributed by atoms with Crippen molar-refractivity contribution in [2.45, 2.75) is 39.0 Å². The molecular formula is C12H16O. The number of benzene rings is 1.